The van der Waals surface area contributed by atoms with E-state index in [-0.39, 0.29) is 35.2 Å². The SMILES string of the molecule is CC[C@H](C)NC(=O)[C@H](Cc1ccccc1)N(Cc1ccccc1F)C(=O)CN(c1cccc(Br)c1)S(=O)(=O)c1ccccc1. The maximum absolute atomic E-state index is 15.0. The predicted molar refractivity (Wildman–Crippen MR) is 174 cm³/mol. The van der Waals surface area contributed by atoms with Gasteiger partial charge in [-0.2, -0.15) is 0 Å². The lowest BCUT2D eigenvalue weighted by molar-refractivity contribution is -0.140. The minimum absolute atomic E-state index is 0.00350. The highest BCUT2D eigenvalue weighted by Crippen LogP contribution is 2.27. The molecule has 0 aliphatic carbocycles. The van der Waals surface area contributed by atoms with Gasteiger partial charge in [0.2, 0.25) is 11.8 Å². The molecule has 44 heavy (non-hydrogen) atoms. The fourth-order valence-corrected chi connectivity index (χ4v) is 6.50. The molecule has 0 aliphatic rings. The van der Waals surface area contributed by atoms with Gasteiger partial charge >= 0.3 is 0 Å². The molecule has 0 heterocycles. The van der Waals surface area contributed by atoms with Crippen molar-refractivity contribution in [2.75, 3.05) is 10.8 Å². The molecule has 0 bridgehead atoms. The summed E-state index contributed by atoms with van der Waals surface area (Å²) in [6.45, 7) is 2.93. The zero-order chi connectivity index (χ0) is 31.7. The monoisotopic (exact) mass is 679 g/mol. The number of halogens is 2. The van der Waals surface area contributed by atoms with Gasteiger partial charge in [-0.1, -0.05) is 95.7 Å². The van der Waals surface area contributed by atoms with Gasteiger partial charge in [0, 0.05) is 29.0 Å². The van der Waals surface area contributed by atoms with Crippen LogP contribution in [-0.2, 0) is 32.6 Å². The smallest absolute Gasteiger partial charge is 0.264 e. The Hall–Kier alpha value is -4.02. The van der Waals surface area contributed by atoms with Gasteiger partial charge in [-0.3, -0.25) is 13.9 Å². The number of hydrogen-bond acceptors (Lipinski definition) is 4. The number of nitrogens with zero attached hydrogens (tertiary/aromatic N) is 2. The summed E-state index contributed by atoms with van der Waals surface area (Å²) in [4.78, 5) is 29.5. The van der Waals surface area contributed by atoms with Gasteiger partial charge in [-0.15, -0.1) is 0 Å². The van der Waals surface area contributed by atoms with Crippen molar-refractivity contribution in [1.82, 2.24) is 10.2 Å². The lowest BCUT2D eigenvalue weighted by atomic mass is 10.0. The molecular formula is C34H35BrFN3O4S. The van der Waals surface area contributed by atoms with Crippen LogP contribution in [0.15, 0.2) is 119 Å². The van der Waals surface area contributed by atoms with Crippen LogP contribution in [0.1, 0.15) is 31.4 Å². The normalized spacial score (nSPS) is 12.6. The van der Waals surface area contributed by atoms with Crippen molar-refractivity contribution < 1.29 is 22.4 Å². The number of benzene rings is 4. The second-order valence-corrected chi connectivity index (χ2v) is 13.2. The van der Waals surface area contributed by atoms with E-state index >= 15 is 4.39 Å². The van der Waals surface area contributed by atoms with Crippen LogP contribution in [0.25, 0.3) is 0 Å². The Morgan fingerprint density at radius 3 is 2.16 bits per heavy atom. The summed E-state index contributed by atoms with van der Waals surface area (Å²) >= 11 is 3.40. The molecule has 2 atom stereocenters. The van der Waals surface area contributed by atoms with E-state index in [0.29, 0.717) is 10.9 Å². The molecule has 10 heteroatoms. The molecule has 2 amide bonds. The van der Waals surface area contributed by atoms with E-state index < -0.39 is 40.2 Å². The molecule has 0 unspecified atom stereocenters. The summed E-state index contributed by atoms with van der Waals surface area (Å²) in [7, 11) is -4.22. The van der Waals surface area contributed by atoms with Crippen LogP contribution in [0.2, 0.25) is 0 Å². The van der Waals surface area contributed by atoms with Gasteiger partial charge in [0.25, 0.3) is 10.0 Å². The van der Waals surface area contributed by atoms with Crippen molar-refractivity contribution in [2.45, 2.75) is 50.2 Å². The molecule has 0 aliphatic heterocycles. The van der Waals surface area contributed by atoms with Crippen molar-refractivity contribution in [3.63, 3.8) is 0 Å². The van der Waals surface area contributed by atoms with Crippen molar-refractivity contribution >= 4 is 43.5 Å². The summed E-state index contributed by atoms with van der Waals surface area (Å²) in [6.07, 6.45) is 0.808. The molecule has 4 aromatic rings. The average molecular weight is 681 g/mol. The highest BCUT2D eigenvalue weighted by molar-refractivity contribution is 9.10. The van der Waals surface area contributed by atoms with Crippen LogP contribution in [0, 0.1) is 5.82 Å². The molecule has 0 saturated carbocycles. The van der Waals surface area contributed by atoms with Gasteiger partial charge in [0.05, 0.1) is 10.6 Å². The Labute approximate surface area is 266 Å². The lowest BCUT2D eigenvalue weighted by Crippen LogP contribution is -2.54. The predicted octanol–water partition coefficient (Wildman–Crippen LogP) is 6.34. The first kappa shape index (κ1) is 32.9. The minimum Gasteiger partial charge on any atom is -0.352 e. The first-order valence-electron chi connectivity index (χ1n) is 14.3. The van der Waals surface area contributed by atoms with E-state index in [1.165, 1.54) is 23.1 Å². The highest BCUT2D eigenvalue weighted by Gasteiger charge is 2.35. The molecule has 0 fully saturated rings. The number of anilines is 1. The number of hydrogen-bond donors (Lipinski definition) is 1. The second-order valence-electron chi connectivity index (χ2n) is 10.4. The number of carbonyl (C=O) groups is 2. The fraction of sp³-hybridized carbons (Fsp3) is 0.235. The summed E-state index contributed by atoms with van der Waals surface area (Å²) in [5, 5.41) is 2.97. The van der Waals surface area contributed by atoms with E-state index in [2.05, 4.69) is 21.2 Å². The number of sulfonamides is 1. The first-order chi connectivity index (χ1) is 21.1. The Morgan fingerprint density at radius 2 is 1.52 bits per heavy atom. The second kappa shape index (κ2) is 15.1. The maximum Gasteiger partial charge on any atom is 0.264 e. The van der Waals surface area contributed by atoms with Crippen molar-refractivity contribution in [2.24, 2.45) is 0 Å². The molecule has 0 spiro atoms. The Morgan fingerprint density at radius 1 is 0.886 bits per heavy atom. The quantitative estimate of drug-likeness (QED) is 0.179. The molecule has 0 saturated heterocycles. The molecule has 4 rings (SSSR count). The number of carbonyl (C=O) groups excluding carboxylic acids is 2. The van der Waals surface area contributed by atoms with Gasteiger partial charge in [0.15, 0.2) is 0 Å². The third-order valence-corrected chi connectivity index (χ3v) is 9.56. The molecule has 230 valence electrons. The first-order valence-corrected chi connectivity index (χ1v) is 16.5. The minimum atomic E-state index is -4.22. The van der Waals surface area contributed by atoms with Crippen molar-refractivity contribution in [3.05, 3.63) is 131 Å². The van der Waals surface area contributed by atoms with E-state index in [9.17, 15) is 18.0 Å². The largest absolute Gasteiger partial charge is 0.352 e. The number of nitrogens with one attached hydrogen (secondary N) is 1. The molecular weight excluding hydrogens is 645 g/mol. The van der Waals surface area contributed by atoms with Crippen LogP contribution in [0.5, 0.6) is 0 Å². The molecule has 0 aromatic heterocycles. The third kappa shape index (κ3) is 8.33. The van der Waals surface area contributed by atoms with Gasteiger partial charge < -0.3 is 10.2 Å². The van der Waals surface area contributed by atoms with E-state index in [0.717, 1.165) is 9.87 Å². The number of amides is 2. The fourth-order valence-electron chi connectivity index (χ4n) is 4.68. The van der Waals surface area contributed by atoms with Crippen LogP contribution in [-0.4, -0.2) is 43.8 Å². The van der Waals surface area contributed by atoms with Gasteiger partial charge in [0.1, 0.15) is 18.4 Å². The average Bonchev–Trinajstić information content (AvgIpc) is 3.03. The molecule has 1 N–H and O–H groups in total. The van der Waals surface area contributed by atoms with Crippen LogP contribution < -0.4 is 9.62 Å². The Bertz CT molecular complexity index is 1670. The van der Waals surface area contributed by atoms with Crippen molar-refractivity contribution in [1.29, 1.82) is 0 Å². The maximum atomic E-state index is 15.0. The summed E-state index contributed by atoms with van der Waals surface area (Å²) in [5.74, 6) is -1.60. The van der Waals surface area contributed by atoms with Crippen LogP contribution in [0.4, 0.5) is 10.1 Å². The molecule has 7 nitrogen and oxygen atoms in total. The molecule has 0 radical (unpaired) electrons. The number of rotatable bonds is 13. The summed E-state index contributed by atoms with van der Waals surface area (Å²) in [5.41, 5.74) is 1.25. The van der Waals surface area contributed by atoms with Crippen molar-refractivity contribution in [3.8, 4) is 0 Å². The lowest BCUT2D eigenvalue weighted by Gasteiger charge is -2.34. The van der Waals surface area contributed by atoms with E-state index in [4.69, 9.17) is 0 Å². The zero-order valence-electron chi connectivity index (χ0n) is 24.6. The van der Waals surface area contributed by atoms with Crippen LogP contribution >= 0.6 is 15.9 Å². The third-order valence-electron chi connectivity index (χ3n) is 7.28. The summed E-state index contributed by atoms with van der Waals surface area (Å²) < 4.78 is 44.6. The highest BCUT2D eigenvalue weighted by atomic mass is 79.9. The Balaban J connectivity index is 1.81. The standard InChI is InChI=1S/C34H35BrFN3O4S/c1-3-25(2)37-34(41)32(21-26-13-6-4-7-14-26)38(23-27-15-10-11-20-31(27)36)33(40)24-39(29-17-12-16-28(35)22-29)44(42,43)30-18-8-5-9-19-30/h4-20,22,25,32H,3,21,23-24H2,1-2H3,(H,37,41)/t25-,32-/m0/s1. The van der Waals surface area contributed by atoms with Gasteiger partial charge in [-0.05, 0) is 55.3 Å². The van der Waals surface area contributed by atoms with E-state index in [1.54, 1.807) is 60.7 Å². The topological polar surface area (TPSA) is 86.8 Å². The molecule has 4 aromatic carbocycles. The van der Waals surface area contributed by atoms with Crippen LogP contribution in [0.3, 0.4) is 0 Å². The van der Waals surface area contributed by atoms with Gasteiger partial charge in [-0.25, -0.2) is 12.8 Å². The van der Waals surface area contributed by atoms with E-state index in [1.807, 2.05) is 44.2 Å². The summed E-state index contributed by atoms with van der Waals surface area (Å²) in [6, 6.07) is 28.5. The Kier molecular flexibility index (Phi) is 11.3. The zero-order valence-corrected chi connectivity index (χ0v) is 27.0.